The van der Waals surface area contributed by atoms with Crippen molar-refractivity contribution in [1.82, 2.24) is 4.98 Å². The summed E-state index contributed by atoms with van der Waals surface area (Å²) >= 11 is 3.53. The van der Waals surface area contributed by atoms with Crippen LogP contribution in [-0.2, 0) is 0 Å². The molecule has 0 unspecified atom stereocenters. The number of anilines is 1. The van der Waals surface area contributed by atoms with Crippen molar-refractivity contribution in [3.63, 3.8) is 0 Å². The number of pyridine rings is 1. The lowest BCUT2D eigenvalue weighted by atomic mass is 9.89. The smallest absolute Gasteiger partial charge is 0.142 e. The van der Waals surface area contributed by atoms with E-state index in [0.717, 1.165) is 21.2 Å². The molecule has 0 aliphatic rings. The number of aromatic nitrogens is 1. The lowest BCUT2D eigenvalue weighted by molar-refractivity contribution is 0.341. The minimum absolute atomic E-state index is 0.191. The minimum Gasteiger partial charge on any atom is -0.496 e. The summed E-state index contributed by atoms with van der Waals surface area (Å²) < 4.78 is 12.3. The molecule has 1 aromatic heterocycles. The lowest BCUT2D eigenvalue weighted by Crippen LogP contribution is -2.05. The molecule has 2 N–H and O–H groups in total. The largest absolute Gasteiger partial charge is 0.496 e. The molecule has 0 saturated carbocycles. The number of benzene rings is 2. The zero-order valence-electron chi connectivity index (χ0n) is 15.9. The molecule has 28 heavy (non-hydrogen) atoms. The van der Waals surface area contributed by atoms with Crippen molar-refractivity contribution in [3.8, 4) is 39.8 Å². The van der Waals surface area contributed by atoms with Crippen LogP contribution < -0.4 is 15.2 Å². The summed E-state index contributed by atoms with van der Waals surface area (Å²) in [6.07, 6.45) is 0. The van der Waals surface area contributed by atoms with Crippen LogP contribution in [0.25, 0.3) is 22.3 Å². The Hall–Kier alpha value is -3.04. The molecule has 0 atom stereocenters. The number of halogens is 1. The van der Waals surface area contributed by atoms with Crippen molar-refractivity contribution < 1.29 is 9.47 Å². The number of nitrogens with zero attached hydrogens (tertiary/aromatic N) is 2. The molecule has 2 aromatic carbocycles. The minimum atomic E-state index is 0.191. The Morgan fingerprint density at radius 2 is 1.86 bits per heavy atom. The molecule has 1 heterocycles. The third kappa shape index (κ3) is 3.54. The summed E-state index contributed by atoms with van der Waals surface area (Å²) in [6, 6.07) is 15.6. The fraction of sp³-hybridized carbons (Fsp3) is 0.182. The Kier molecular flexibility index (Phi) is 5.86. The molecule has 0 aliphatic carbocycles. The summed E-state index contributed by atoms with van der Waals surface area (Å²) in [5, 5.41) is 9.89. The Morgan fingerprint density at radius 1 is 1.11 bits per heavy atom. The van der Waals surface area contributed by atoms with Crippen molar-refractivity contribution in [2.75, 3.05) is 19.5 Å². The zero-order valence-corrected chi connectivity index (χ0v) is 17.5. The van der Waals surface area contributed by atoms with Gasteiger partial charge < -0.3 is 15.2 Å². The summed E-state index contributed by atoms with van der Waals surface area (Å²) in [5.41, 5.74) is 10.2. The van der Waals surface area contributed by atoms with Crippen LogP contribution in [0.5, 0.6) is 11.5 Å². The Bertz CT molecular complexity index is 1070. The molecule has 0 aliphatic heterocycles. The van der Waals surface area contributed by atoms with Crippen LogP contribution >= 0.6 is 15.9 Å². The lowest BCUT2D eigenvalue weighted by Gasteiger charge is -2.20. The van der Waals surface area contributed by atoms with Gasteiger partial charge in [-0.1, -0.05) is 34.1 Å². The van der Waals surface area contributed by atoms with Crippen molar-refractivity contribution in [1.29, 1.82) is 5.26 Å². The highest BCUT2D eigenvalue weighted by molar-refractivity contribution is 9.10. The number of methoxy groups -OCH3 is 1. The van der Waals surface area contributed by atoms with Gasteiger partial charge in [0.25, 0.3) is 0 Å². The van der Waals surface area contributed by atoms with Crippen molar-refractivity contribution in [2.24, 2.45) is 0 Å². The summed E-state index contributed by atoms with van der Waals surface area (Å²) in [6.45, 7) is 4.30. The first-order chi connectivity index (χ1) is 13.5. The first-order valence-corrected chi connectivity index (χ1v) is 9.57. The highest BCUT2D eigenvalue weighted by Crippen LogP contribution is 2.45. The van der Waals surface area contributed by atoms with Gasteiger partial charge >= 0.3 is 0 Å². The Morgan fingerprint density at radius 3 is 2.54 bits per heavy atom. The number of ether oxygens (including phenoxy) is 2. The predicted octanol–water partition coefficient (Wildman–Crippen LogP) is 5.35. The van der Waals surface area contributed by atoms with Crippen molar-refractivity contribution in [2.45, 2.75) is 13.8 Å². The normalized spacial score (nSPS) is 10.4. The van der Waals surface area contributed by atoms with Crippen LogP contribution in [0.15, 0.2) is 46.9 Å². The molecule has 0 radical (unpaired) electrons. The van der Waals surface area contributed by atoms with Gasteiger partial charge in [-0.05, 0) is 38.1 Å². The molecule has 3 rings (SSSR count). The van der Waals surface area contributed by atoms with Gasteiger partial charge in [-0.15, -0.1) is 0 Å². The number of hydrogen-bond acceptors (Lipinski definition) is 5. The highest BCUT2D eigenvalue weighted by Gasteiger charge is 2.24. The second-order valence-corrected chi connectivity index (χ2v) is 7.01. The van der Waals surface area contributed by atoms with E-state index in [4.69, 9.17) is 15.2 Å². The fourth-order valence-corrected chi connectivity index (χ4v) is 3.63. The van der Waals surface area contributed by atoms with Crippen LogP contribution in [0.4, 0.5) is 5.82 Å². The molecule has 0 bridgehead atoms. The van der Waals surface area contributed by atoms with E-state index in [9.17, 15) is 5.26 Å². The second-order valence-electron chi connectivity index (χ2n) is 6.09. The average Bonchev–Trinajstić information content (AvgIpc) is 2.69. The number of hydrogen-bond donors (Lipinski definition) is 1. The maximum absolute atomic E-state index is 9.89. The van der Waals surface area contributed by atoms with E-state index in [0.29, 0.717) is 34.9 Å². The van der Waals surface area contributed by atoms with Crippen LogP contribution in [0.3, 0.4) is 0 Å². The average molecular weight is 438 g/mol. The van der Waals surface area contributed by atoms with Gasteiger partial charge in [0.2, 0.25) is 0 Å². The Labute approximate surface area is 172 Å². The quantitative estimate of drug-likeness (QED) is 0.581. The highest BCUT2D eigenvalue weighted by atomic mass is 79.9. The Balaban J connectivity index is 2.48. The van der Waals surface area contributed by atoms with Crippen LogP contribution in [-0.4, -0.2) is 18.7 Å². The van der Waals surface area contributed by atoms with E-state index in [2.05, 4.69) is 27.0 Å². The van der Waals surface area contributed by atoms with Gasteiger partial charge in [-0.2, -0.15) is 5.26 Å². The zero-order chi connectivity index (χ0) is 20.3. The molecule has 0 amide bonds. The van der Waals surface area contributed by atoms with Crippen molar-refractivity contribution >= 4 is 21.7 Å². The molecular formula is C22H20BrN3O2. The molecule has 142 valence electrons. The van der Waals surface area contributed by atoms with E-state index >= 15 is 0 Å². The molecule has 0 saturated heterocycles. The molecule has 5 nitrogen and oxygen atoms in total. The van der Waals surface area contributed by atoms with Gasteiger partial charge in [0.1, 0.15) is 28.9 Å². The van der Waals surface area contributed by atoms with Gasteiger partial charge in [-0.25, -0.2) is 4.98 Å². The number of rotatable bonds is 5. The monoisotopic (exact) mass is 437 g/mol. The van der Waals surface area contributed by atoms with Gasteiger partial charge in [0.05, 0.1) is 13.7 Å². The molecule has 0 fully saturated rings. The standard InChI is InChI=1S/C22H20BrN3O2/c1-4-28-19-10-9-14(23)11-16(19)21-17(12-24)22(25)26-13(2)20(21)15-7-5-6-8-18(15)27-3/h5-11H,4H2,1-3H3,(H2,25,26). The second kappa shape index (κ2) is 8.32. The molecule has 0 spiro atoms. The van der Waals surface area contributed by atoms with E-state index in [1.54, 1.807) is 7.11 Å². The van der Waals surface area contributed by atoms with E-state index in [1.807, 2.05) is 56.3 Å². The molecular weight excluding hydrogens is 418 g/mol. The fourth-order valence-electron chi connectivity index (χ4n) is 3.27. The van der Waals surface area contributed by atoms with Gasteiger partial charge in [0.15, 0.2) is 0 Å². The number of para-hydroxylation sites is 1. The third-order valence-corrected chi connectivity index (χ3v) is 4.90. The van der Waals surface area contributed by atoms with Crippen molar-refractivity contribution in [3.05, 3.63) is 58.2 Å². The number of nitrogen functional groups attached to an aromatic ring is 1. The first kappa shape index (κ1) is 19.7. The molecule has 6 heteroatoms. The van der Waals surface area contributed by atoms with E-state index in [1.165, 1.54) is 0 Å². The van der Waals surface area contributed by atoms with Crippen LogP contribution in [0.2, 0.25) is 0 Å². The van der Waals surface area contributed by atoms with E-state index < -0.39 is 0 Å². The van der Waals surface area contributed by atoms with Crippen LogP contribution in [0.1, 0.15) is 18.2 Å². The summed E-state index contributed by atoms with van der Waals surface area (Å²) in [7, 11) is 1.62. The number of nitrogens with two attached hydrogens (primary N) is 1. The summed E-state index contributed by atoms with van der Waals surface area (Å²) in [5.74, 6) is 1.55. The maximum Gasteiger partial charge on any atom is 0.142 e. The third-order valence-electron chi connectivity index (χ3n) is 4.41. The SMILES string of the molecule is CCOc1ccc(Br)cc1-c1c(C#N)c(N)nc(C)c1-c1ccccc1OC. The number of nitriles is 1. The summed E-state index contributed by atoms with van der Waals surface area (Å²) in [4.78, 5) is 4.43. The van der Waals surface area contributed by atoms with Gasteiger partial charge in [-0.3, -0.25) is 0 Å². The first-order valence-electron chi connectivity index (χ1n) is 8.78. The van der Waals surface area contributed by atoms with Gasteiger partial charge in [0, 0.05) is 32.4 Å². The van der Waals surface area contributed by atoms with Crippen LogP contribution in [0, 0.1) is 18.3 Å². The molecule has 3 aromatic rings. The van der Waals surface area contributed by atoms with E-state index in [-0.39, 0.29) is 5.82 Å². The predicted molar refractivity (Wildman–Crippen MR) is 114 cm³/mol. The topological polar surface area (TPSA) is 81.2 Å². The maximum atomic E-state index is 9.89. The number of aryl methyl sites for hydroxylation is 1.